The summed E-state index contributed by atoms with van der Waals surface area (Å²) >= 11 is 0. The number of ether oxygens (including phenoxy) is 1. The third-order valence-corrected chi connectivity index (χ3v) is 5.39. The van der Waals surface area contributed by atoms with Crippen LogP contribution in [-0.2, 0) is 4.74 Å². The number of amides is 2. The highest BCUT2D eigenvalue weighted by Gasteiger charge is 2.19. The quantitative estimate of drug-likeness (QED) is 0.468. The van der Waals surface area contributed by atoms with E-state index in [1.165, 1.54) is 12.0 Å². The molecule has 0 aliphatic rings. The molecule has 0 atom stereocenters. The van der Waals surface area contributed by atoms with Gasteiger partial charge in [-0.15, -0.1) is 0 Å². The first-order chi connectivity index (χ1) is 15.9. The van der Waals surface area contributed by atoms with Crippen molar-refractivity contribution in [3.8, 4) is 11.3 Å². The first kappa shape index (κ1) is 21.8. The largest absolute Gasteiger partial charge is 0.455 e. The number of hydrogen-bond acceptors (Lipinski definition) is 5. The molecule has 1 aromatic heterocycles. The molecule has 0 saturated carbocycles. The second kappa shape index (κ2) is 9.00. The molecule has 0 unspecified atom stereocenters. The lowest BCUT2D eigenvalue weighted by Crippen LogP contribution is -2.25. The van der Waals surface area contributed by atoms with E-state index in [1.54, 1.807) is 56.4 Å². The van der Waals surface area contributed by atoms with E-state index >= 15 is 0 Å². The monoisotopic (exact) mass is 442 g/mol. The Hall–Kier alpha value is -4.39. The van der Waals surface area contributed by atoms with E-state index in [0.29, 0.717) is 28.1 Å². The number of anilines is 2. The van der Waals surface area contributed by atoms with Crippen molar-refractivity contribution in [1.82, 2.24) is 0 Å². The molecule has 7 heteroatoms. The number of para-hydroxylation sites is 1. The molecule has 0 aliphatic carbocycles. The van der Waals surface area contributed by atoms with Crippen molar-refractivity contribution < 1.29 is 18.7 Å². The Morgan fingerprint density at radius 2 is 1.64 bits per heavy atom. The van der Waals surface area contributed by atoms with Gasteiger partial charge in [-0.1, -0.05) is 36.4 Å². The van der Waals surface area contributed by atoms with Gasteiger partial charge in [-0.25, -0.2) is 4.79 Å². The Kier molecular flexibility index (Phi) is 5.95. The third-order valence-electron chi connectivity index (χ3n) is 5.39. The molecule has 0 bridgehead atoms. The number of methoxy groups -OCH3 is 1. The van der Waals surface area contributed by atoms with Crippen molar-refractivity contribution in [2.75, 3.05) is 24.4 Å². The zero-order valence-corrected chi connectivity index (χ0v) is 18.4. The molecule has 7 nitrogen and oxygen atoms in total. The predicted octanol–water partition coefficient (Wildman–Crippen LogP) is 5.22. The number of nitrogens with one attached hydrogen (secondary N) is 1. The summed E-state index contributed by atoms with van der Waals surface area (Å²) in [5.41, 5.74) is 2.67. The van der Waals surface area contributed by atoms with Crippen LogP contribution in [0.2, 0.25) is 0 Å². The molecule has 33 heavy (non-hydrogen) atoms. The summed E-state index contributed by atoms with van der Waals surface area (Å²) < 4.78 is 10.8. The number of rotatable bonds is 4. The van der Waals surface area contributed by atoms with Crippen molar-refractivity contribution in [2.24, 2.45) is 0 Å². The number of nitrogens with zero attached hydrogens (tertiary/aromatic N) is 1. The van der Waals surface area contributed by atoms with Crippen LogP contribution in [0.15, 0.2) is 82.0 Å². The van der Waals surface area contributed by atoms with E-state index in [2.05, 4.69) is 5.32 Å². The lowest BCUT2D eigenvalue weighted by atomic mass is 10.0. The maximum Gasteiger partial charge on any atom is 0.413 e. The second-order valence-corrected chi connectivity index (χ2v) is 7.46. The average molecular weight is 442 g/mol. The minimum atomic E-state index is -0.498. The van der Waals surface area contributed by atoms with E-state index in [1.807, 2.05) is 30.3 Å². The summed E-state index contributed by atoms with van der Waals surface area (Å²) in [4.78, 5) is 39.1. The molecule has 1 N–H and O–H groups in total. The van der Waals surface area contributed by atoms with Crippen molar-refractivity contribution in [2.45, 2.75) is 6.92 Å². The molecule has 0 spiro atoms. The van der Waals surface area contributed by atoms with Crippen molar-refractivity contribution in [1.29, 1.82) is 0 Å². The molecule has 4 rings (SSSR count). The summed E-state index contributed by atoms with van der Waals surface area (Å²) in [7, 11) is 2.89. The van der Waals surface area contributed by atoms with Gasteiger partial charge in [-0.3, -0.25) is 14.5 Å². The van der Waals surface area contributed by atoms with E-state index in [4.69, 9.17) is 9.15 Å². The van der Waals surface area contributed by atoms with Crippen LogP contribution in [0, 0.1) is 6.92 Å². The Morgan fingerprint density at radius 3 is 2.30 bits per heavy atom. The molecule has 0 aliphatic heterocycles. The number of hydrogen-bond donors (Lipinski definition) is 1. The maximum absolute atomic E-state index is 13.1. The highest BCUT2D eigenvalue weighted by atomic mass is 16.5. The smallest absolute Gasteiger partial charge is 0.413 e. The van der Waals surface area contributed by atoms with Gasteiger partial charge in [0.05, 0.1) is 18.1 Å². The fourth-order valence-electron chi connectivity index (χ4n) is 3.56. The van der Waals surface area contributed by atoms with Gasteiger partial charge in [0.15, 0.2) is 11.0 Å². The van der Waals surface area contributed by atoms with Crippen LogP contribution in [0.3, 0.4) is 0 Å². The van der Waals surface area contributed by atoms with Gasteiger partial charge in [-0.05, 0) is 43.3 Å². The van der Waals surface area contributed by atoms with E-state index < -0.39 is 12.0 Å². The number of fused-ring (bicyclic) bond motifs is 1. The predicted molar refractivity (Wildman–Crippen MR) is 128 cm³/mol. The maximum atomic E-state index is 13.1. The zero-order chi connectivity index (χ0) is 23.5. The van der Waals surface area contributed by atoms with E-state index in [0.717, 1.165) is 5.56 Å². The minimum absolute atomic E-state index is 0.181. The molecule has 0 fully saturated rings. The molecule has 4 aromatic rings. The fraction of sp³-hybridized carbons (Fsp3) is 0.115. The molecule has 0 radical (unpaired) electrons. The Balaban J connectivity index is 1.70. The summed E-state index contributed by atoms with van der Waals surface area (Å²) in [6.07, 6.45) is -0.498. The molecule has 166 valence electrons. The summed E-state index contributed by atoms with van der Waals surface area (Å²) in [6, 6.07) is 21.0. The van der Waals surface area contributed by atoms with Crippen molar-refractivity contribution in [3.63, 3.8) is 0 Å². The van der Waals surface area contributed by atoms with Gasteiger partial charge in [0.1, 0.15) is 5.76 Å². The molecular weight excluding hydrogens is 420 g/mol. The Labute approximate surface area is 190 Å². The van der Waals surface area contributed by atoms with Crippen LogP contribution in [-0.4, -0.2) is 26.2 Å². The average Bonchev–Trinajstić information content (AvgIpc) is 2.85. The number of carbonyl (C=O) groups excluding carboxylic acids is 2. The van der Waals surface area contributed by atoms with Crippen LogP contribution in [0.4, 0.5) is 16.2 Å². The highest BCUT2D eigenvalue weighted by Crippen LogP contribution is 2.28. The van der Waals surface area contributed by atoms with Crippen LogP contribution in [0.1, 0.15) is 15.9 Å². The fourth-order valence-corrected chi connectivity index (χ4v) is 3.56. The van der Waals surface area contributed by atoms with Gasteiger partial charge < -0.3 is 14.5 Å². The van der Waals surface area contributed by atoms with Crippen LogP contribution >= 0.6 is 0 Å². The van der Waals surface area contributed by atoms with Gasteiger partial charge in [0, 0.05) is 29.5 Å². The van der Waals surface area contributed by atoms with Gasteiger partial charge in [0.25, 0.3) is 5.91 Å². The SMILES string of the molecule is COC(=O)N(C)c1ccc(NC(=O)c2cccc3c(=O)c(C)c(-c4ccccc4)oc23)cc1. The number of carbonyl (C=O) groups is 2. The summed E-state index contributed by atoms with van der Waals surface area (Å²) in [5.74, 6) is 0.0178. The summed E-state index contributed by atoms with van der Waals surface area (Å²) in [5, 5.41) is 3.16. The molecule has 3 aromatic carbocycles. The highest BCUT2D eigenvalue weighted by molar-refractivity contribution is 6.11. The van der Waals surface area contributed by atoms with Crippen molar-refractivity contribution >= 4 is 34.3 Å². The van der Waals surface area contributed by atoms with Crippen LogP contribution in [0.5, 0.6) is 0 Å². The standard InChI is InChI=1S/C26H22N2O5/c1-16-22(29)20-10-7-11-21(24(20)33-23(16)17-8-5-4-6-9-17)25(30)27-18-12-14-19(15-13-18)28(2)26(31)32-3/h4-15H,1-3H3,(H,27,30). The van der Waals surface area contributed by atoms with E-state index in [9.17, 15) is 14.4 Å². The normalized spacial score (nSPS) is 10.6. The Morgan fingerprint density at radius 1 is 0.939 bits per heavy atom. The van der Waals surface area contributed by atoms with Crippen molar-refractivity contribution in [3.05, 3.63) is 94.1 Å². The molecule has 2 amide bonds. The molecule has 1 heterocycles. The van der Waals surface area contributed by atoms with E-state index in [-0.39, 0.29) is 16.6 Å². The topological polar surface area (TPSA) is 88.9 Å². The van der Waals surface area contributed by atoms with Crippen LogP contribution in [0.25, 0.3) is 22.3 Å². The minimum Gasteiger partial charge on any atom is -0.455 e. The second-order valence-electron chi connectivity index (χ2n) is 7.46. The summed E-state index contributed by atoms with van der Waals surface area (Å²) in [6.45, 7) is 1.72. The number of benzene rings is 3. The molecule has 0 saturated heterocycles. The third kappa shape index (κ3) is 4.21. The lowest BCUT2D eigenvalue weighted by Gasteiger charge is -2.16. The molecular formula is C26H22N2O5. The van der Waals surface area contributed by atoms with Gasteiger partial charge in [0.2, 0.25) is 0 Å². The lowest BCUT2D eigenvalue weighted by molar-refractivity contribution is 0.102. The first-order valence-corrected chi connectivity index (χ1v) is 10.3. The first-order valence-electron chi connectivity index (χ1n) is 10.3. The Bertz CT molecular complexity index is 1390. The zero-order valence-electron chi connectivity index (χ0n) is 18.4. The van der Waals surface area contributed by atoms with Crippen LogP contribution < -0.4 is 15.6 Å². The van der Waals surface area contributed by atoms with Gasteiger partial charge >= 0.3 is 6.09 Å². The van der Waals surface area contributed by atoms with Gasteiger partial charge in [-0.2, -0.15) is 0 Å².